The summed E-state index contributed by atoms with van der Waals surface area (Å²) in [6.45, 7) is 0. The van der Waals surface area contributed by atoms with Gasteiger partial charge in [-0.1, -0.05) is 12.1 Å². The van der Waals surface area contributed by atoms with E-state index in [4.69, 9.17) is 12.2 Å². The molecule has 1 aromatic carbocycles. The van der Waals surface area contributed by atoms with E-state index in [1.54, 1.807) is 12.3 Å². The number of aromatic nitrogens is 3. The van der Waals surface area contributed by atoms with Crippen LogP contribution in [0, 0.1) is 10.6 Å². The molecule has 0 radical (unpaired) electrons. The van der Waals surface area contributed by atoms with Gasteiger partial charge in [0.2, 0.25) is 0 Å². The third-order valence-corrected chi connectivity index (χ3v) is 2.87. The van der Waals surface area contributed by atoms with Gasteiger partial charge in [-0.05, 0) is 30.4 Å². The van der Waals surface area contributed by atoms with Crippen molar-refractivity contribution in [1.29, 1.82) is 0 Å². The Morgan fingerprint density at radius 2 is 2.06 bits per heavy atom. The van der Waals surface area contributed by atoms with Gasteiger partial charge in [0.1, 0.15) is 0 Å². The molecule has 3 rings (SSSR count). The quantitative estimate of drug-likeness (QED) is 0.678. The van der Waals surface area contributed by atoms with E-state index in [1.807, 2.05) is 24.3 Å². The Bertz CT molecular complexity index is 782. The maximum atomic E-state index is 13.7. The van der Waals surface area contributed by atoms with Crippen LogP contribution in [-0.4, -0.2) is 15.0 Å². The van der Waals surface area contributed by atoms with Crippen LogP contribution in [0.25, 0.3) is 22.2 Å². The smallest absolute Gasteiger partial charge is 0.197 e. The fourth-order valence-corrected chi connectivity index (χ4v) is 1.97. The molecule has 0 saturated carbocycles. The van der Waals surface area contributed by atoms with E-state index in [9.17, 15) is 4.39 Å². The number of aromatic amines is 1. The van der Waals surface area contributed by atoms with Crippen LogP contribution in [0.2, 0.25) is 0 Å². The maximum absolute atomic E-state index is 13.7. The van der Waals surface area contributed by atoms with Crippen molar-refractivity contribution in [3.8, 4) is 11.3 Å². The van der Waals surface area contributed by atoms with Crippen LogP contribution in [0.3, 0.4) is 0 Å². The van der Waals surface area contributed by atoms with Gasteiger partial charge in [-0.15, -0.1) is 0 Å². The van der Waals surface area contributed by atoms with Gasteiger partial charge in [-0.3, -0.25) is 4.98 Å². The first-order valence-corrected chi connectivity index (χ1v) is 5.75. The van der Waals surface area contributed by atoms with Crippen molar-refractivity contribution in [3.63, 3.8) is 0 Å². The molecule has 0 aliphatic rings. The zero-order chi connectivity index (χ0) is 12.5. The van der Waals surface area contributed by atoms with Crippen molar-refractivity contribution < 1.29 is 4.39 Å². The van der Waals surface area contributed by atoms with Crippen LogP contribution in [-0.2, 0) is 0 Å². The van der Waals surface area contributed by atoms with Crippen molar-refractivity contribution in [1.82, 2.24) is 15.0 Å². The Labute approximate surface area is 107 Å². The Hall–Kier alpha value is -2.14. The number of hydrogen-bond acceptors (Lipinski definition) is 3. The Morgan fingerprint density at radius 1 is 1.17 bits per heavy atom. The number of benzene rings is 1. The predicted molar refractivity (Wildman–Crippen MR) is 70.1 cm³/mol. The van der Waals surface area contributed by atoms with Gasteiger partial charge in [0.05, 0.1) is 17.4 Å². The van der Waals surface area contributed by atoms with Crippen LogP contribution < -0.4 is 0 Å². The van der Waals surface area contributed by atoms with Gasteiger partial charge in [-0.25, -0.2) is 9.37 Å². The Morgan fingerprint density at radius 3 is 2.94 bits per heavy atom. The number of rotatable bonds is 1. The summed E-state index contributed by atoms with van der Waals surface area (Å²) in [6, 6.07) is 9.29. The molecule has 0 aliphatic carbocycles. The number of halogens is 1. The van der Waals surface area contributed by atoms with Crippen LogP contribution in [0.1, 0.15) is 0 Å². The van der Waals surface area contributed by atoms with E-state index in [0.29, 0.717) is 5.69 Å². The van der Waals surface area contributed by atoms with Crippen LogP contribution in [0.15, 0.2) is 42.7 Å². The number of hydrogen-bond donors (Lipinski definition) is 1. The van der Waals surface area contributed by atoms with Crippen molar-refractivity contribution in [3.05, 3.63) is 53.3 Å². The second-order valence-corrected chi connectivity index (χ2v) is 4.21. The van der Waals surface area contributed by atoms with E-state index in [2.05, 4.69) is 15.0 Å². The summed E-state index contributed by atoms with van der Waals surface area (Å²) in [5, 5.41) is 0.950. The van der Waals surface area contributed by atoms with Crippen LogP contribution in [0.4, 0.5) is 4.39 Å². The average molecular weight is 257 g/mol. The van der Waals surface area contributed by atoms with Gasteiger partial charge >= 0.3 is 0 Å². The summed E-state index contributed by atoms with van der Waals surface area (Å²) >= 11 is 4.91. The summed E-state index contributed by atoms with van der Waals surface area (Å²) in [4.78, 5) is 10.7. The summed E-state index contributed by atoms with van der Waals surface area (Å²) in [6.07, 6.45) is 2.85. The number of pyridine rings is 1. The zero-order valence-electron chi connectivity index (χ0n) is 9.22. The molecule has 3 aromatic rings. The molecule has 0 atom stereocenters. The van der Waals surface area contributed by atoms with E-state index >= 15 is 0 Å². The lowest BCUT2D eigenvalue weighted by molar-refractivity contribution is 0.617. The number of fused-ring (bicyclic) bond motifs is 1. The van der Waals surface area contributed by atoms with Crippen LogP contribution >= 0.6 is 12.2 Å². The largest absolute Gasteiger partial charge is 0.328 e. The highest BCUT2D eigenvalue weighted by atomic mass is 32.1. The minimum Gasteiger partial charge on any atom is -0.328 e. The van der Waals surface area contributed by atoms with Gasteiger partial charge < -0.3 is 4.98 Å². The molecule has 0 fully saturated rings. The molecule has 18 heavy (non-hydrogen) atoms. The van der Waals surface area contributed by atoms with Crippen molar-refractivity contribution in [2.24, 2.45) is 0 Å². The highest BCUT2D eigenvalue weighted by Crippen LogP contribution is 2.23. The molecular weight excluding hydrogens is 249 g/mol. The monoisotopic (exact) mass is 257 g/mol. The van der Waals surface area contributed by atoms with Crippen molar-refractivity contribution >= 4 is 23.1 Å². The molecule has 0 amide bonds. The van der Waals surface area contributed by atoms with E-state index in [0.717, 1.165) is 22.7 Å². The fourth-order valence-electron chi connectivity index (χ4n) is 1.82. The fraction of sp³-hybridized carbons (Fsp3) is 0. The molecule has 5 heteroatoms. The third-order valence-electron chi connectivity index (χ3n) is 2.66. The molecule has 3 nitrogen and oxygen atoms in total. The molecule has 0 bridgehead atoms. The van der Waals surface area contributed by atoms with Gasteiger partial charge in [-0.2, -0.15) is 0 Å². The van der Waals surface area contributed by atoms with Gasteiger partial charge in [0.25, 0.3) is 0 Å². The maximum Gasteiger partial charge on any atom is 0.197 e. The number of nitrogens with zero attached hydrogens (tertiary/aromatic N) is 2. The highest BCUT2D eigenvalue weighted by Gasteiger charge is 2.06. The highest BCUT2D eigenvalue weighted by molar-refractivity contribution is 7.71. The Balaban J connectivity index is 2.25. The molecule has 0 aliphatic heterocycles. The van der Waals surface area contributed by atoms with Crippen LogP contribution in [0.5, 0.6) is 0 Å². The topological polar surface area (TPSA) is 41.6 Å². The van der Waals surface area contributed by atoms with E-state index in [1.165, 1.54) is 0 Å². The lowest BCUT2D eigenvalue weighted by Gasteiger charge is -2.04. The molecule has 0 unspecified atom stereocenters. The first-order chi connectivity index (χ1) is 8.74. The first kappa shape index (κ1) is 11.0. The average Bonchev–Trinajstić information content (AvgIpc) is 2.41. The molecule has 1 N–H and O–H groups in total. The lowest BCUT2D eigenvalue weighted by Crippen LogP contribution is -1.92. The summed E-state index contributed by atoms with van der Waals surface area (Å²) < 4.78 is 14.0. The third kappa shape index (κ3) is 1.89. The van der Waals surface area contributed by atoms with E-state index in [-0.39, 0.29) is 4.77 Å². The first-order valence-electron chi connectivity index (χ1n) is 5.34. The van der Waals surface area contributed by atoms with Gasteiger partial charge in [0.15, 0.2) is 10.6 Å². The predicted octanol–water partition coefficient (Wildman–Crippen LogP) is 3.49. The normalized spacial score (nSPS) is 10.7. The summed E-state index contributed by atoms with van der Waals surface area (Å²) in [7, 11) is 0. The molecule has 2 aromatic heterocycles. The minimum absolute atomic E-state index is 0.262. The minimum atomic E-state index is -0.424. The second-order valence-electron chi connectivity index (χ2n) is 3.82. The number of H-pyrrole nitrogens is 1. The number of nitrogens with one attached hydrogen (secondary N) is 1. The molecule has 88 valence electrons. The molecule has 0 saturated heterocycles. The lowest BCUT2D eigenvalue weighted by atomic mass is 10.1. The zero-order valence-corrected chi connectivity index (χ0v) is 10.0. The molecule has 0 spiro atoms. The Kier molecular flexibility index (Phi) is 2.60. The second kappa shape index (κ2) is 4.27. The summed E-state index contributed by atoms with van der Waals surface area (Å²) in [5.41, 5.74) is 1.94. The van der Waals surface area contributed by atoms with Gasteiger partial charge in [0, 0.05) is 17.1 Å². The van der Waals surface area contributed by atoms with Crippen molar-refractivity contribution in [2.45, 2.75) is 0 Å². The van der Waals surface area contributed by atoms with E-state index < -0.39 is 5.82 Å². The standard InChI is InChI=1S/C13H8FN3S/c14-10-7-16-13(18)17-12(10)9-3-4-11-8(6-9)2-1-5-15-11/h1-7H,(H,16,17,18). The molecular formula is C13H8FN3S. The van der Waals surface area contributed by atoms with Crippen molar-refractivity contribution in [2.75, 3.05) is 0 Å². The SMILES string of the molecule is Fc1cnc(=S)[nH]c1-c1ccc2ncccc2c1. The molecule has 2 heterocycles. The summed E-state index contributed by atoms with van der Waals surface area (Å²) in [5.74, 6) is -0.424.